The van der Waals surface area contributed by atoms with Crippen molar-refractivity contribution in [2.75, 3.05) is 38.2 Å². The van der Waals surface area contributed by atoms with Crippen LogP contribution in [0.1, 0.15) is 36.7 Å². The van der Waals surface area contributed by atoms with E-state index in [-0.39, 0.29) is 12.1 Å². The Balaban J connectivity index is 2.13. The first-order valence-corrected chi connectivity index (χ1v) is 7.69. The third kappa shape index (κ3) is 3.59. The van der Waals surface area contributed by atoms with Gasteiger partial charge in [-0.2, -0.15) is 0 Å². The summed E-state index contributed by atoms with van der Waals surface area (Å²) in [6, 6.07) is 5.56. The summed E-state index contributed by atoms with van der Waals surface area (Å²) >= 11 is 0. The lowest BCUT2D eigenvalue weighted by Gasteiger charge is -2.43. The zero-order valence-electron chi connectivity index (χ0n) is 13.9. The number of anilines is 1. The average molecular weight is 306 g/mol. The van der Waals surface area contributed by atoms with Gasteiger partial charge in [0.05, 0.1) is 19.3 Å². The van der Waals surface area contributed by atoms with E-state index < -0.39 is 5.97 Å². The van der Waals surface area contributed by atoms with E-state index in [0.29, 0.717) is 11.1 Å². The van der Waals surface area contributed by atoms with Gasteiger partial charge in [-0.3, -0.25) is 4.90 Å². The summed E-state index contributed by atoms with van der Waals surface area (Å²) in [5.41, 5.74) is 2.28. The number of piperazine rings is 1. The molecule has 5 nitrogen and oxygen atoms in total. The maximum Gasteiger partial charge on any atom is 0.338 e. The number of carbonyl (C=O) groups is 1. The van der Waals surface area contributed by atoms with Crippen molar-refractivity contribution in [2.24, 2.45) is 0 Å². The van der Waals surface area contributed by atoms with Crippen LogP contribution in [0.3, 0.4) is 0 Å². The van der Waals surface area contributed by atoms with Crippen molar-refractivity contribution in [3.8, 4) is 0 Å². The van der Waals surface area contributed by atoms with E-state index in [1.165, 1.54) is 7.11 Å². The first-order valence-electron chi connectivity index (χ1n) is 7.69. The van der Waals surface area contributed by atoms with Crippen molar-refractivity contribution in [1.29, 1.82) is 0 Å². The molecular formula is C17H26N2O3. The molecule has 1 aromatic rings. The molecule has 1 aromatic carbocycles. The maximum atomic E-state index is 11.7. The minimum Gasteiger partial charge on any atom is -0.465 e. The number of carbonyl (C=O) groups excluding carboxylic acids is 1. The molecule has 2 rings (SSSR count). The molecule has 0 aliphatic carbocycles. The summed E-state index contributed by atoms with van der Waals surface area (Å²) in [4.78, 5) is 16.4. The number of rotatable bonds is 3. The number of esters is 1. The van der Waals surface area contributed by atoms with E-state index in [2.05, 4.69) is 30.6 Å². The molecule has 0 amide bonds. The molecule has 22 heavy (non-hydrogen) atoms. The monoisotopic (exact) mass is 306 g/mol. The molecule has 1 aliphatic rings. The van der Waals surface area contributed by atoms with Gasteiger partial charge in [0.1, 0.15) is 0 Å². The van der Waals surface area contributed by atoms with Gasteiger partial charge in [-0.1, -0.05) is 0 Å². The van der Waals surface area contributed by atoms with Crippen molar-refractivity contribution in [2.45, 2.75) is 32.9 Å². The Bertz CT molecular complexity index is 529. The molecule has 0 saturated carbocycles. The Morgan fingerprint density at radius 2 is 1.86 bits per heavy atom. The van der Waals surface area contributed by atoms with E-state index in [9.17, 15) is 9.90 Å². The lowest BCUT2D eigenvalue weighted by Crippen LogP contribution is -2.53. The van der Waals surface area contributed by atoms with E-state index in [4.69, 9.17) is 4.74 Å². The number of benzene rings is 1. The predicted molar refractivity (Wildman–Crippen MR) is 87.2 cm³/mol. The molecule has 1 aliphatic heterocycles. The normalized spacial score (nSPS) is 16.7. The van der Waals surface area contributed by atoms with Crippen molar-refractivity contribution < 1.29 is 14.6 Å². The summed E-state index contributed by atoms with van der Waals surface area (Å²) in [7, 11) is 1.35. The number of nitrogens with zero attached hydrogens (tertiary/aromatic N) is 2. The SMILES string of the molecule is COC(=O)c1ccc(N2CCN(C(C)(C)C)CC2)cc1CO. The Morgan fingerprint density at radius 1 is 1.23 bits per heavy atom. The zero-order valence-corrected chi connectivity index (χ0v) is 13.9. The highest BCUT2D eigenvalue weighted by atomic mass is 16.5. The second-order valence-electron chi connectivity index (χ2n) is 6.64. The van der Waals surface area contributed by atoms with Crippen LogP contribution in [0.2, 0.25) is 0 Å². The van der Waals surface area contributed by atoms with Crippen LogP contribution in [-0.4, -0.2) is 54.8 Å². The molecule has 0 atom stereocenters. The van der Waals surface area contributed by atoms with Gasteiger partial charge in [-0.15, -0.1) is 0 Å². The van der Waals surface area contributed by atoms with Gasteiger partial charge < -0.3 is 14.7 Å². The molecule has 122 valence electrons. The van der Waals surface area contributed by atoms with Crippen LogP contribution in [0, 0.1) is 0 Å². The highest BCUT2D eigenvalue weighted by Crippen LogP contribution is 2.24. The van der Waals surface area contributed by atoms with Crippen LogP contribution in [0.25, 0.3) is 0 Å². The Morgan fingerprint density at radius 3 is 2.36 bits per heavy atom. The maximum absolute atomic E-state index is 11.7. The molecule has 0 unspecified atom stereocenters. The zero-order chi connectivity index (χ0) is 16.3. The van der Waals surface area contributed by atoms with E-state index in [0.717, 1.165) is 31.9 Å². The van der Waals surface area contributed by atoms with E-state index >= 15 is 0 Å². The number of hydrogen-bond donors (Lipinski definition) is 1. The largest absolute Gasteiger partial charge is 0.465 e. The fraction of sp³-hybridized carbons (Fsp3) is 0.588. The quantitative estimate of drug-likeness (QED) is 0.864. The number of aliphatic hydroxyl groups excluding tert-OH is 1. The summed E-state index contributed by atoms with van der Waals surface area (Å²) < 4.78 is 4.75. The number of methoxy groups -OCH3 is 1. The number of ether oxygens (including phenoxy) is 1. The molecular weight excluding hydrogens is 280 g/mol. The third-order valence-corrected chi connectivity index (χ3v) is 4.26. The van der Waals surface area contributed by atoms with Crippen LogP contribution in [0.4, 0.5) is 5.69 Å². The second-order valence-corrected chi connectivity index (χ2v) is 6.64. The standard InChI is InChI=1S/C17H26N2O3/c1-17(2,3)19-9-7-18(8-10-19)14-5-6-15(16(21)22-4)13(11-14)12-20/h5-6,11,20H,7-10,12H2,1-4H3. The highest BCUT2D eigenvalue weighted by molar-refractivity contribution is 5.91. The van der Waals surface area contributed by atoms with Crippen LogP contribution in [-0.2, 0) is 11.3 Å². The minimum absolute atomic E-state index is 0.166. The Labute approximate surface area is 132 Å². The Kier molecular flexibility index (Phi) is 5.08. The minimum atomic E-state index is -0.409. The first kappa shape index (κ1) is 16.8. The Hall–Kier alpha value is -1.59. The third-order valence-electron chi connectivity index (χ3n) is 4.26. The fourth-order valence-corrected chi connectivity index (χ4v) is 2.85. The fourth-order valence-electron chi connectivity index (χ4n) is 2.85. The second kappa shape index (κ2) is 6.67. The molecule has 0 bridgehead atoms. The molecule has 5 heteroatoms. The van der Waals surface area contributed by atoms with Crippen molar-refractivity contribution in [3.63, 3.8) is 0 Å². The predicted octanol–water partition coefficient (Wildman–Crippen LogP) is 1.89. The van der Waals surface area contributed by atoms with Gasteiger partial charge in [0, 0.05) is 37.4 Å². The molecule has 0 radical (unpaired) electrons. The highest BCUT2D eigenvalue weighted by Gasteiger charge is 2.26. The van der Waals surface area contributed by atoms with Gasteiger partial charge in [0.25, 0.3) is 0 Å². The lowest BCUT2D eigenvalue weighted by molar-refractivity contribution is 0.0597. The molecule has 1 fully saturated rings. The van der Waals surface area contributed by atoms with Gasteiger partial charge in [0.15, 0.2) is 0 Å². The summed E-state index contributed by atoms with van der Waals surface area (Å²) in [5, 5.41) is 9.50. The lowest BCUT2D eigenvalue weighted by atomic mass is 10.0. The molecule has 1 heterocycles. The van der Waals surface area contributed by atoms with E-state index in [1.54, 1.807) is 6.07 Å². The summed E-state index contributed by atoms with van der Waals surface area (Å²) in [6.07, 6.45) is 0. The van der Waals surface area contributed by atoms with Crippen LogP contribution < -0.4 is 4.90 Å². The number of hydrogen-bond acceptors (Lipinski definition) is 5. The molecule has 1 saturated heterocycles. The van der Waals surface area contributed by atoms with Crippen molar-refractivity contribution in [1.82, 2.24) is 4.90 Å². The van der Waals surface area contributed by atoms with Crippen LogP contribution in [0.15, 0.2) is 18.2 Å². The summed E-state index contributed by atoms with van der Waals surface area (Å²) in [5.74, 6) is -0.409. The van der Waals surface area contributed by atoms with E-state index in [1.807, 2.05) is 12.1 Å². The molecule has 1 N–H and O–H groups in total. The van der Waals surface area contributed by atoms with Crippen LogP contribution in [0.5, 0.6) is 0 Å². The van der Waals surface area contributed by atoms with Crippen LogP contribution >= 0.6 is 0 Å². The smallest absolute Gasteiger partial charge is 0.338 e. The summed E-state index contributed by atoms with van der Waals surface area (Å²) in [6.45, 7) is 10.4. The topological polar surface area (TPSA) is 53.0 Å². The number of aliphatic hydroxyl groups is 1. The van der Waals surface area contributed by atoms with Gasteiger partial charge in [-0.05, 0) is 44.5 Å². The van der Waals surface area contributed by atoms with Crippen molar-refractivity contribution in [3.05, 3.63) is 29.3 Å². The van der Waals surface area contributed by atoms with Gasteiger partial charge >= 0.3 is 5.97 Å². The van der Waals surface area contributed by atoms with Gasteiger partial charge in [-0.25, -0.2) is 4.79 Å². The molecule has 0 spiro atoms. The average Bonchev–Trinajstić information content (AvgIpc) is 2.52. The van der Waals surface area contributed by atoms with Crippen molar-refractivity contribution >= 4 is 11.7 Å². The first-order chi connectivity index (χ1) is 10.4. The molecule has 0 aromatic heterocycles. The van der Waals surface area contributed by atoms with Gasteiger partial charge in [0.2, 0.25) is 0 Å².